The van der Waals surface area contributed by atoms with E-state index in [9.17, 15) is 9.50 Å². The van der Waals surface area contributed by atoms with E-state index in [0.29, 0.717) is 24.4 Å². The van der Waals surface area contributed by atoms with Crippen LogP contribution >= 0.6 is 27.7 Å². The summed E-state index contributed by atoms with van der Waals surface area (Å²) in [6.07, 6.45) is 1.95. The van der Waals surface area contributed by atoms with Crippen LogP contribution in [0.15, 0.2) is 22.7 Å². The number of hydrogen-bond acceptors (Lipinski definition) is 3. The summed E-state index contributed by atoms with van der Waals surface area (Å²) in [4.78, 5) is 0. The van der Waals surface area contributed by atoms with Crippen LogP contribution < -0.4 is 5.32 Å². The van der Waals surface area contributed by atoms with Crippen LogP contribution in [0.4, 0.5) is 4.39 Å². The lowest BCUT2D eigenvalue weighted by molar-refractivity contribution is 0.0845. The minimum Gasteiger partial charge on any atom is -0.388 e. The average Bonchev–Trinajstić information content (AvgIpc) is 2.23. The first kappa shape index (κ1) is 15.0. The van der Waals surface area contributed by atoms with Gasteiger partial charge in [0.1, 0.15) is 5.82 Å². The zero-order valence-electron chi connectivity index (χ0n) is 9.96. The summed E-state index contributed by atoms with van der Waals surface area (Å²) in [6.45, 7) is 2.63. The lowest BCUT2D eigenvalue weighted by Gasteiger charge is -2.22. The maximum atomic E-state index is 13.4. The second-order valence-corrected chi connectivity index (χ2v) is 6.05. The third kappa shape index (κ3) is 5.38. The van der Waals surface area contributed by atoms with Crippen molar-refractivity contribution in [2.45, 2.75) is 19.1 Å². The van der Waals surface area contributed by atoms with Crippen molar-refractivity contribution >= 4 is 27.7 Å². The summed E-state index contributed by atoms with van der Waals surface area (Å²) in [7, 11) is 0. The van der Waals surface area contributed by atoms with Crippen molar-refractivity contribution < 1.29 is 9.50 Å². The quantitative estimate of drug-likeness (QED) is 0.845. The minimum absolute atomic E-state index is 0.231. The van der Waals surface area contributed by atoms with Crippen LogP contribution in [0.25, 0.3) is 0 Å². The van der Waals surface area contributed by atoms with Crippen molar-refractivity contribution in [2.75, 3.05) is 18.6 Å². The third-order valence-corrected chi connectivity index (χ3v) is 3.69. The van der Waals surface area contributed by atoms with Gasteiger partial charge >= 0.3 is 0 Å². The fraction of sp³-hybridized carbons (Fsp3) is 0.500. The van der Waals surface area contributed by atoms with Crippen LogP contribution in [0.1, 0.15) is 12.5 Å². The molecule has 0 saturated heterocycles. The Balaban J connectivity index is 2.48. The van der Waals surface area contributed by atoms with Gasteiger partial charge in [-0.15, -0.1) is 0 Å². The van der Waals surface area contributed by atoms with Gasteiger partial charge in [-0.05, 0) is 31.4 Å². The molecule has 0 fully saturated rings. The van der Waals surface area contributed by atoms with E-state index in [1.54, 1.807) is 30.8 Å². The highest BCUT2D eigenvalue weighted by atomic mass is 79.9. The highest BCUT2D eigenvalue weighted by Crippen LogP contribution is 2.16. The van der Waals surface area contributed by atoms with Gasteiger partial charge in [-0.25, -0.2) is 4.39 Å². The Labute approximate surface area is 114 Å². The van der Waals surface area contributed by atoms with Crippen molar-refractivity contribution in [2.24, 2.45) is 0 Å². The summed E-state index contributed by atoms with van der Waals surface area (Å²) in [5.74, 6) is 0.422. The zero-order valence-corrected chi connectivity index (χ0v) is 12.4. The number of benzene rings is 1. The molecule has 17 heavy (non-hydrogen) atoms. The molecule has 1 aromatic carbocycles. The van der Waals surface area contributed by atoms with E-state index in [1.807, 2.05) is 6.26 Å². The Morgan fingerprint density at radius 3 is 2.88 bits per heavy atom. The Kier molecular flexibility index (Phi) is 5.92. The number of aliphatic hydroxyl groups is 1. The third-order valence-electron chi connectivity index (χ3n) is 2.28. The molecule has 0 aliphatic carbocycles. The van der Waals surface area contributed by atoms with Gasteiger partial charge in [0, 0.05) is 28.9 Å². The first-order valence-corrected chi connectivity index (χ1v) is 7.49. The topological polar surface area (TPSA) is 32.3 Å². The molecular weight excluding hydrogens is 305 g/mol. The minimum atomic E-state index is -0.762. The Hall–Kier alpha value is -0.100. The van der Waals surface area contributed by atoms with Gasteiger partial charge in [0.15, 0.2) is 0 Å². The predicted molar refractivity (Wildman–Crippen MR) is 74.8 cm³/mol. The van der Waals surface area contributed by atoms with Gasteiger partial charge in [-0.2, -0.15) is 11.8 Å². The van der Waals surface area contributed by atoms with Crippen LogP contribution in [0.3, 0.4) is 0 Å². The molecular formula is C12H17BrFNOS. The molecule has 0 bridgehead atoms. The molecule has 1 unspecified atom stereocenters. The monoisotopic (exact) mass is 321 g/mol. The predicted octanol–water partition coefficient (Wildman–Crippen LogP) is 2.79. The highest BCUT2D eigenvalue weighted by molar-refractivity contribution is 9.10. The highest BCUT2D eigenvalue weighted by Gasteiger charge is 2.18. The van der Waals surface area contributed by atoms with E-state index >= 15 is 0 Å². The largest absolute Gasteiger partial charge is 0.388 e. The van der Waals surface area contributed by atoms with E-state index < -0.39 is 5.60 Å². The zero-order chi connectivity index (χ0) is 12.9. The fourth-order valence-corrected chi connectivity index (χ4v) is 2.64. The second-order valence-electron chi connectivity index (χ2n) is 4.27. The van der Waals surface area contributed by atoms with Gasteiger partial charge in [0.2, 0.25) is 0 Å². The number of rotatable bonds is 6. The number of hydrogen-bond donors (Lipinski definition) is 2. The van der Waals surface area contributed by atoms with Crippen LogP contribution in [-0.4, -0.2) is 29.3 Å². The molecule has 1 aromatic rings. The summed E-state index contributed by atoms with van der Waals surface area (Å²) >= 11 is 4.89. The van der Waals surface area contributed by atoms with Gasteiger partial charge in [-0.3, -0.25) is 0 Å². The lowest BCUT2D eigenvalue weighted by atomic mass is 10.1. The van der Waals surface area contributed by atoms with Crippen molar-refractivity contribution in [1.29, 1.82) is 0 Å². The molecule has 0 aromatic heterocycles. The smallest absolute Gasteiger partial charge is 0.127 e. The maximum Gasteiger partial charge on any atom is 0.127 e. The Bertz CT molecular complexity index is 374. The SMILES string of the molecule is CSCC(C)(O)CNCc1cc(Br)ccc1F. The molecule has 0 saturated carbocycles. The maximum absolute atomic E-state index is 13.4. The molecule has 0 amide bonds. The number of halogens is 2. The fourth-order valence-electron chi connectivity index (χ4n) is 1.51. The van der Waals surface area contributed by atoms with E-state index in [2.05, 4.69) is 21.2 Å². The van der Waals surface area contributed by atoms with Crippen LogP contribution in [0, 0.1) is 5.82 Å². The van der Waals surface area contributed by atoms with E-state index in [-0.39, 0.29) is 5.82 Å². The average molecular weight is 322 g/mol. The molecule has 0 aliphatic heterocycles. The van der Waals surface area contributed by atoms with Crippen molar-refractivity contribution in [3.63, 3.8) is 0 Å². The first-order valence-electron chi connectivity index (χ1n) is 5.30. The van der Waals surface area contributed by atoms with Gasteiger partial charge in [0.05, 0.1) is 5.60 Å². The van der Waals surface area contributed by atoms with Crippen molar-refractivity contribution in [3.8, 4) is 0 Å². The van der Waals surface area contributed by atoms with Gasteiger partial charge < -0.3 is 10.4 Å². The van der Waals surface area contributed by atoms with Crippen molar-refractivity contribution in [3.05, 3.63) is 34.1 Å². The van der Waals surface area contributed by atoms with E-state index in [0.717, 1.165) is 4.47 Å². The first-order chi connectivity index (χ1) is 7.94. The summed E-state index contributed by atoms with van der Waals surface area (Å²) < 4.78 is 14.3. The van der Waals surface area contributed by atoms with Crippen LogP contribution in [-0.2, 0) is 6.54 Å². The van der Waals surface area contributed by atoms with Crippen LogP contribution in [0.2, 0.25) is 0 Å². The lowest BCUT2D eigenvalue weighted by Crippen LogP contribution is -2.39. The molecule has 1 rings (SSSR count). The van der Waals surface area contributed by atoms with E-state index in [1.165, 1.54) is 6.07 Å². The standard InChI is InChI=1S/C12H17BrFNOS/c1-12(16,8-17-2)7-15-6-9-5-10(13)3-4-11(9)14/h3-5,15-16H,6-8H2,1-2H3. The molecule has 0 spiro atoms. The summed E-state index contributed by atoms with van der Waals surface area (Å²) in [5, 5.41) is 13.0. The summed E-state index contributed by atoms with van der Waals surface area (Å²) in [6, 6.07) is 4.84. The molecule has 96 valence electrons. The molecule has 2 nitrogen and oxygen atoms in total. The van der Waals surface area contributed by atoms with Crippen molar-refractivity contribution in [1.82, 2.24) is 5.32 Å². The molecule has 0 radical (unpaired) electrons. The molecule has 0 aliphatic rings. The molecule has 5 heteroatoms. The van der Waals surface area contributed by atoms with Gasteiger partial charge in [-0.1, -0.05) is 15.9 Å². The normalized spacial score (nSPS) is 14.6. The second kappa shape index (κ2) is 6.73. The Morgan fingerprint density at radius 2 is 2.24 bits per heavy atom. The summed E-state index contributed by atoms with van der Waals surface area (Å²) in [5.41, 5.74) is -0.165. The Morgan fingerprint density at radius 1 is 1.53 bits per heavy atom. The number of nitrogens with one attached hydrogen (secondary N) is 1. The van der Waals surface area contributed by atoms with Gasteiger partial charge in [0.25, 0.3) is 0 Å². The molecule has 0 heterocycles. The molecule has 2 N–H and O–H groups in total. The number of thioether (sulfide) groups is 1. The molecule has 1 atom stereocenters. The van der Waals surface area contributed by atoms with E-state index in [4.69, 9.17) is 0 Å². The van der Waals surface area contributed by atoms with Crippen LogP contribution in [0.5, 0.6) is 0 Å².